The van der Waals surface area contributed by atoms with Gasteiger partial charge in [0, 0.05) is 0 Å². The van der Waals surface area contributed by atoms with Crippen molar-refractivity contribution in [3.05, 3.63) is 214 Å². The van der Waals surface area contributed by atoms with Crippen LogP contribution in [0.2, 0.25) is 0 Å². The Bertz CT molecular complexity index is 2090. The highest BCUT2D eigenvalue weighted by Crippen LogP contribution is 2.32. The van der Waals surface area contributed by atoms with E-state index in [-0.39, 0.29) is 31.1 Å². The third-order valence-corrected chi connectivity index (χ3v) is 9.78. The summed E-state index contributed by atoms with van der Waals surface area (Å²) in [5.74, 6) is -1.57. The Morgan fingerprint density at radius 2 is 0.667 bits per heavy atom. The fraction of sp³-hybridized carbons (Fsp3) is 0.167. The van der Waals surface area contributed by atoms with Crippen LogP contribution in [0.4, 0.5) is 8.78 Å². The molecule has 10 nitrogen and oxygen atoms in total. The number of rotatable bonds is 10. The highest BCUT2D eigenvalue weighted by atomic mass is 19.1. The quantitative estimate of drug-likeness (QED) is 0.104. The van der Waals surface area contributed by atoms with E-state index < -0.39 is 43.3 Å². The number of aliphatic hydroxyl groups is 2. The van der Waals surface area contributed by atoms with Gasteiger partial charge in [-0.15, -0.1) is 0 Å². The fourth-order valence-electron chi connectivity index (χ4n) is 6.57. The van der Waals surface area contributed by atoms with E-state index >= 15 is 0 Å². The molecule has 0 saturated heterocycles. The van der Waals surface area contributed by atoms with Crippen LogP contribution in [0.25, 0.3) is 0 Å². The van der Waals surface area contributed by atoms with Gasteiger partial charge in [0.05, 0.1) is 59.6 Å². The Morgan fingerprint density at radius 1 is 0.383 bits per heavy atom. The van der Waals surface area contributed by atoms with Crippen molar-refractivity contribution in [3.63, 3.8) is 0 Å². The number of carbonyl (C=O) groups is 4. The van der Waals surface area contributed by atoms with Gasteiger partial charge < -0.3 is 21.7 Å². The molecule has 0 unspecified atom stereocenters. The minimum absolute atomic E-state index is 0.00398. The lowest BCUT2D eigenvalue weighted by Crippen LogP contribution is -2.36. The van der Waals surface area contributed by atoms with Crippen LogP contribution in [-0.4, -0.2) is 70.2 Å². The van der Waals surface area contributed by atoms with Gasteiger partial charge in [-0.1, -0.05) is 146 Å². The zero-order valence-corrected chi connectivity index (χ0v) is 32.6. The summed E-state index contributed by atoms with van der Waals surface area (Å²) in [6, 6.07) is 47.7. The average molecular weight is 813 g/mol. The summed E-state index contributed by atoms with van der Waals surface area (Å²) in [6.07, 6.45) is 0. The van der Waals surface area contributed by atoms with Crippen molar-refractivity contribution in [1.29, 1.82) is 0 Å². The highest BCUT2D eigenvalue weighted by molar-refractivity contribution is 6.22. The summed E-state index contributed by atoms with van der Waals surface area (Å²) in [5.41, 5.74) is 15.6. The smallest absolute Gasteiger partial charge is 0.262 e. The van der Waals surface area contributed by atoms with Crippen LogP contribution in [0.3, 0.4) is 0 Å². The average Bonchev–Trinajstić information content (AvgIpc) is 3.72. The van der Waals surface area contributed by atoms with Crippen molar-refractivity contribution < 1.29 is 38.2 Å². The van der Waals surface area contributed by atoms with Crippen molar-refractivity contribution in [3.8, 4) is 0 Å². The van der Waals surface area contributed by atoms with E-state index in [0.717, 1.165) is 26.5 Å². The lowest BCUT2D eigenvalue weighted by atomic mass is 10.1. The van der Waals surface area contributed by atoms with E-state index in [2.05, 4.69) is 0 Å². The van der Waals surface area contributed by atoms with Gasteiger partial charge in [0.2, 0.25) is 0 Å². The first-order chi connectivity index (χ1) is 29.2. The van der Waals surface area contributed by atoms with E-state index in [0.29, 0.717) is 27.8 Å². The zero-order valence-electron chi connectivity index (χ0n) is 32.6. The van der Waals surface area contributed by atoms with Crippen LogP contribution >= 0.6 is 0 Å². The molecule has 0 aliphatic carbocycles. The predicted octanol–water partition coefficient (Wildman–Crippen LogP) is 7.34. The molecule has 0 fully saturated rings. The molecule has 6 aromatic rings. The Hall–Kier alpha value is -6.70. The van der Waals surface area contributed by atoms with Gasteiger partial charge in [0.1, 0.15) is 13.3 Å². The molecule has 4 atom stereocenters. The van der Waals surface area contributed by atoms with E-state index in [9.17, 15) is 33.1 Å². The third kappa shape index (κ3) is 10.5. The van der Waals surface area contributed by atoms with Gasteiger partial charge in [0.25, 0.3) is 23.6 Å². The first-order valence-corrected chi connectivity index (χ1v) is 19.1. The lowest BCUT2D eigenvalue weighted by Gasteiger charge is -2.24. The monoisotopic (exact) mass is 812 g/mol. The van der Waals surface area contributed by atoms with Crippen LogP contribution < -0.4 is 11.5 Å². The van der Waals surface area contributed by atoms with Crippen LogP contribution in [0, 0.1) is 0 Å². The summed E-state index contributed by atoms with van der Waals surface area (Å²) in [4.78, 5) is 51.5. The standard InChI is InChI=1S/C16H12FNO2.C16H13NO3.C8H10FN.C8H11NO/c17-10-14(11-6-2-1-3-7-11)18-15(19)12-8-4-5-9-13(12)16(18)20;18-10-14(11-6-2-1-3-7-11)17-15(19)12-8-4-5-9-13(12)16(17)20;9-6-8(10)7-4-2-1-3-5-7;9-8(6-10)7-4-2-1-3-5-7/h1-9,14H,10H2;1-9,14,18H,10H2;1-5,8H,6,10H2;1-5,8,10H,6,9H2/t2*14-;2*8-/m1111/s1. The van der Waals surface area contributed by atoms with E-state index in [1.54, 1.807) is 91.0 Å². The number of benzene rings is 6. The van der Waals surface area contributed by atoms with E-state index in [1.165, 1.54) is 0 Å². The number of nitrogens with two attached hydrogens (primary N) is 2. The number of halogens is 2. The number of imide groups is 2. The molecule has 6 N–H and O–H groups in total. The zero-order chi connectivity index (χ0) is 43.0. The molecule has 8 rings (SSSR count). The lowest BCUT2D eigenvalue weighted by molar-refractivity contribution is 0.0510. The molecule has 2 aliphatic heterocycles. The molecule has 6 aromatic carbocycles. The molecule has 12 heteroatoms. The first kappa shape index (κ1) is 44.4. The summed E-state index contributed by atoms with van der Waals surface area (Å²) < 4.78 is 25.4. The van der Waals surface area contributed by atoms with Gasteiger partial charge >= 0.3 is 0 Å². The molecule has 2 aliphatic rings. The van der Waals surface area contributed by atoms with Crippen molar-refractivity contribution in [2.45, 2.75) is 24.2 Å². The van der Waals surface area contributed by atoms with E-state index in [1.807, 2.05) is 78.9 Å². The van der Waals surface area contributed by atoms with E-state index in [4.69, 9.17) is 16.6 Å². The normalized spacial score (nSPS) is 14.6. The second kappa shape index (κ2) is 21.9. The summed E-state index contributed by atoms with van der Waals surface area (Å²) in [7, 11) is 0. The molecule has 0 saturated carbocycles. The maximum atomic E-state index is 13.4. The van der Waals surface area contributed by atoms with Gasteiger partial charge in [-0.05, 0) is 46.5 Å². The molecule has 4 amide bonds. The van der Waals surface area contributed by atoms with Crippen LogP contribution in [0.15, 0.2) is 170 Å². The number of fused-ring (bicyclic) bond motifs is 2. The molecule has 0 aromatic heterocycles. The molecule has 0 radical (unpaired) electrons. The number of amides is 4. The molecular formula is C48H46F2N4O6. The third-order valence-electron chi connectivity index (χ3n) is 9.78. The van der Waals surface area contributed by atoms with Crippen molar-refractivity contribution in [2.75, 3.05) is 26.6 Å². The van der Waals surface area contributed by atoms with Crippen molar-refractivity contribution in [1.82, 2.24) is 9.80 Å². The number of hydrogen-bond acceptors (Lipinski definition) is 8. The fourth-order valence-corrected chi connectivity index (χ4v) is 6.57. The highest BCUT2D eigenvalue weighted by Gasteiger charge is 2.41. The molecule has 60 heavy (non-hydrogen) atoms. The summed E-state index contributed by atoms with van der Waals surface area (Å²) >= 11 is 0. The largest absolute Gasteiger partial charge is 0.394 e. The van der Waals surface area contributed by atoms with Crippen molar-refractivity contribution >= 4 is 23.6 Å². The first-order valence-electron chi connectivity index (χ1n) is 19.1. The number of nitrogens with zero attached hydrogens (tertiary/aromatic N) is 2. The molecule has 0 spiro atoms. The van der Waals surface area contributed by atoms with Crippen molar-refractivity contribution in [2.24, 2.45) is 11.5 Å². The molecular weight excluding hydrogens is 767 g/mol. The molecule has 0 bridgehead atoms. The number of alkyl halides is 2. The van der Waals surface area contributed by atoms with Gasteiger partial charge in [0.15, 0.2) is 0 Å². The maximum absolute atomic E-state index is 13.4. The molecule has 308 valence electrons. The number of aliphatic hydroxyl groups excluding tert-OH is 2. The van der Waals surface area contributed by atoms with Crippen LogP contribution in [0.5, 0.6) is 0 Å². The predicted molar refractivity (Wildman–Crippen MR) is 225 cm³/mol. The second-order valence-corrected chi connectivity index (χ2v) is 13.6. The molecule has 2 heterocycles. The van der Waals surface area contributed by atoms with Crippen LogP contribution in [0.1, 0.15) is 87.9 Å². The Balaban J connectivity index is 0.000000160. The summed E-state index contributed by atoms with van der Waals surface area (Å²) in [6.45, 7) is -1.58. The number of hydrogen-bond donors (Lipinski definition) is 4. The maximum Gasteiger partial charge on any atom is 0.262 e. The Kier molecular flexibility index (Phi) is 16.2. The Morgan fingerprint density at radius 3 is 0.967 bits per heavy atom. The topological polar surface area (TPSA) is 167 Å². The van der Waals surface area contributed by atoms with Gasteiger partial charge in [-0.2, -0.15) is 0 Å². The van der Waals surface area contributed by atoms with Crippen LogP contribution in [-0.2, 0) is 0 Å². The SMILES string of the molecule is N[C@H](CF)c1ccccc1.N[C@H](CO)c1ccccc1.O=C1c2ccccc2C(=O)N1[C@H](CF)c1ccccc1.O=C1c2ccccc2C(=O)N1[C@H](CO)c1ccccc1. The minimum atomic E-state index is -0.872. The minimum Gasteiger partial charge on any atom is -0.394 e. The number of carbonyl (C=O) groups excluding carboxylic acids is 4. The van der Waals surface area contributed by atoms with Gasteiger partial charge in [-0.25, -0.2) is 8.78 Å². The van der Waals surface area contributed by atoms with Gasteiger partial charge in [-0.3, -0.25) is 29.0 Å². The summed E-state index contributed by atoms with van der Waals surface area (Å²) in [5, 5.41) is 18.3. The second-order valence-electron chi connectivity index (χ2n) is 13.6. The Labute approximate surface area is 347 Å².